The molecule has 0 fully saturated rings. The second kappa shape index (κ2) is 9.96. The first kappa shape index (κ1) is 22.1. The summed E-state index contributed by atoms with van der Waals surface area (Å²) in [5.74, 6) is 0.701. The summed E-state index contributed by atoms with van der Waals surface area (Å²) in [5, 5.41) is 3.04. The molecule has 0 aromatic heterocycles. The van der Waals surface area contributed by atoms with Crippen molar-refractivity contribution in [2.24, 2.45) is 0 Å². The fraction of sp³-hybridized carbons (Fsp3) is 0.208. The van der Waals surface area contributed by atoms with Gasteiger partial charge in [0.25, 0.3) is 5.91 Å². The summed E-state index contributed by atoms with van der Waals surface area (Å²) < 4.78 is 23.3. The fourth-order valence-corrected chi connectivity index (χ4v) is 4.55. The number of rotatable bonds is 8. The van der Waals surface area contributed by atoms with Crippen LogP contribution >= 0.6 is 11.8 Å². The van der Waals surface area contributed by atoms with Gasteiger partial charge in [0.05, 0.1) is 10.9 Å². The molecule has 0 unspecified atom stereocenters. The summed E-state index contributed by atoms with van der Waals surface area (Å²) in [5.41, 5.74) is 2.65. The molecule has 0 heterocycles. The molecular weight excluding hydrogens is 414 g/mol. The van der Waals surface area contributed by atoms with Gasteiger partial charge in [-0.3, -0.25) is 4.79 Å². The SMILES string of the molecule is CC[C@@H](NC(=O)c1ccc(CSc2ccccc2)cc1)c1ccc(S(C)(=O)=O)cc1. The highest BCUT2D eigenvalue weighted by molar-refractivity contribution is 7.98. The molecule has 0 aliphatic carbocycles. The first-order chi connectivity index (χ1) is 14.4. The van der Waals surface area contributed by atoms with Crippen LogP contribution in [-0.4, -0.2) is 20.6 Å². The molecule has 0 saturated heterocycles. The van der Waals surface area contributed by atoms with Gasteiger partial charge in [0, 0.05) is 22.5 Å². The van der Waals surface area contributed by atoms with Crippen LogP contribution in [0.4, 0.5) is 0 Å². The lowest BCUT2D eigenvalue weighted by atomic mass is 10.0. The topological polar surface area (TPSA) is 63.2 Å². The second-order valence-corrected chi connectivity index (χ2v) is 10.1. The van der Waals surface area contributed by atoms with E-state index in [9.17, 15) is 13.2 Å². The van der Waals surface area contributed by atoms with E-state index in [0.29, 0.717) is 12.0 Å². The highest BCUT2D eigenvalue weighted by atomic mass is 32.2. The van der Waals surface area contributed by atoms with Crippen molar-refractivity contribution in [2.45, 2.75) is 34.9 Å². The minimum absolute atomic E-state index is 0.142. The summed E-state index contributed by atoms with van der Waals surface area (Å²) in [7, 11) is -3.23. The summed E-state index contributed by atoms with van der Waals surface area (Å²) in [6.07, 6.45) is 1.89. The zero-order valence-electron chi connectivity index (χ0n) is 17.0. The average molecular weight is 440 g/mol. The monoisotopic (exact) mass is 439 g/mol. The van der Waals surface area contributed by atoms with Gasteiger partial charge < -0.3 is 5.32 Å². The molecular formula is C24H25NO3S2. The molecule has 0 radical (unpaired) electrons. The van der Waals surface area contributed by atoms with Crippen LogP contribution in [0, 0.1) is 0 Å². The van der Waals surface area contributed by atoms with Gasteiger partial charge in [0.2, 0.25) is 0 Å². The summed E-state index contributed by atoms with van der Waals surface area (Å²) in [4.78, 5) is 14.2. The molecule has 3 aromatic rings. The van der Waals surface area contributed by atoms with E-state index < -0.39 is 9.84 Å². The van der Waals surface area contributed by atoms with E-state index >= 15 is 0 Å². The maximum absolute atomic E-state index is 12.7. The highest BCUT2D eigenvalue weighted by Gasteiger charge is 2.15. The Kier molecular flexibility index (Phi) is 7.34. The van der Waals surface area contributed by atoms with Crippen LogP contribution < -0.4 is 5.32 Å². The van der Waals surface area contributed by atoms with Crippen molar-refractivity contribution in [1.82, 2.24) is 5.32 Å². The van der Waals surface area contributed by atoms with Gasteiger partial charge in [0.15, 0.2) is 9.84 Å². The molecule has 0 spiro atoms. The Bertz CT molecular complexity index is 1080. The van der Waals surface area contributed by atoms with Gasteiger partial charge in [0.1, 0.15) is 0 Å². The predicted molar refractivity (Wildman–Crippen MR) is 122 cm³/mol. The van der Waals surface area contributed by atoms with E-state index in [1.165, 1.54) is 11.2 Å². The Hall–Kier alpha value is -2.57. The van der Waals surface area contributed by atoms with Crippen molar-refractivity contribution in [3.63, 3.8) is 0 Å². The first-order valence-corrected chi connectivity index (χ1v) is 12.6. The maximum Gasteiger partial charge on any atom is 0.251 e. The van der Waals surface area contributed by atoms with Crippen LogP contribution in [-0.2, 0) is 15.6 Å². The van der Waals surface area contributed by atoms with Gasteiger partial charge >= 0.3 is 0 Å². The van der Waals surface area contributed by atoms with Crippen molar-refractivity contribution in [2.75, 3.05) is 6.26 Å². The van der Waals surface area contributed by atoms with Crippen LogP contribution in [0.1, 0.15) is 40.9 Å². The minimum Gasteiger partial charge on any atom is -0.345 e. The van der Waals surface area contributed by atoms with Crippen molar-refractivity contribution in [3.8, 4) is 0 Å². The number of nitrogens with one attached hydrogen (secondary N) is 1. The summed E-state index contributed by atoms with van der Waals surface area (Å²) >= 11 is 1.76. The summed E-state index contributed by atoms with van der Waals surface area (Å²) in [6, 6.07) is 24.4. The predicted octanol–water partition coefficient (Wildman–Crippen LogP) is 5.26. The van der Waals surface area contributed by atoms with Crippen LogP contribution in [0.5, 0.6) is 0 Å². The van der Waals surface area contributed by atoms with E-state index in [1.807, 2.05) is 49.4 Å². The van der Waals surface area contributed by atoms with Gasteiger partial charge in [-0.05, 0) is 53.9 Å². The van der Waals surface area contributed by atoms with E-state index in [4.69, 9.17) is 0 Å². The smallest absolute Gasteiger partial charge is 0.251 e. The molecule has 6 heteroatoms. The van der Waals surface area contributed by atoms with Gasteiger partial charge in [-0.1, -0.05) is 49.4 Å². The Balaban J connectivity index is 1.62. The van der Waals surface area contributed by atoms with E-state index in [-0.39, 0.29) is 16.8 Å². The Labute approximate surface area is 182 Å². The van der Waals surface area contributed by atoms with Crippen molar-refractivity contribution < 1.29 is 13.2 Å². The molecule has 0 saturated carbocycles. The normalized spacial score (nSPS) is 12.3. The summed E-state index contributed by atoms with van der Waals surface area (Å²) in [6.45, 7) is 1.99. The molecule has 1 N–H and O–H groups in total. The Morgan fingerprint density at radius 1 is 0.933 bits per heavy atom. The molecule has 30 heavy (non-hydrogen) atoms. The molecule has 3 aromatic carbocycles. The van der Waals surface area contributed by atoms with Crippen LogP contribution in [0.3, 0.4) is 0 Å². The quantitative estimate of drug-likeness (QED) is 0.486. The van der Waals surface area contributed by atoms with E-state index in [2.05, 4.69) is 17.4 Å². The fourth-order valence-electron chi connectivity index (χ4n) is 3.05. The van der Waals surface area contributed by atoms with Crippen molar-refractivity contribution >= 4 is 27.5 Å². The van der Waals surface area contributed by atoms with Crippen LogP contribution in [0.2, 0.25) is 0 Å². The number of thioether (sulfide) groups is 1. The number of sulfone groups is 1. The van der Waals surface area contributed by atoms with Gasteiger partial charge in [-0.25, -0.2) is 8.42 Å². The van der Waals surface area contributed by atoms with Crippen LogP contribution in [0.25, 0.3) is 0 Å². The maximum atomic E-state index is 12.7. The lowest BCUT2D eigenvalue weighted by Crippen LogP contribution is -2.28. The molecule has 1 amide bonds. The third kappa shape index (κ3) is 5.97. The molecule has 0 aliphatic heterocycles. The number of benzene rings is 3. The minimum atomic E-state index is -3.23. The third-order valence-corrected chi connectivity index (χ3v) is 7.00. The highest BCUT2D eigenvalue weighted by Crippen LogP contribution is 2.23. The zero-order chi connectivity index (χ0) is 21.6. The second-order valence-electron chi connectivity index (χ2n) is 7.07. The average Bonchev–Trinajstić information content (AvgIpc) is 2.76. The number of amides is 1. The van der Waals surface area contributed by atoms with Gasteiger partial charge in [-0.2, -0.15) is 0 Å². The molecule has 156 valence electrons. The van der Waals surface area contributed by atoms with Crippen molar-refractivity contribution in [1.29, 1.82) is 0 Å². The number of carbonyl (C=O) groups is 1. The lowest BCUT2D eigenvalue weighted by Gasteiger charge is -2.18. The van der Waals surface area contributed by atoms with Crippen molar-refractivity contribution in [3.05, 3.63) is 95.6 Å². The molecule has 1 atom stereocenters. The Morgan fingerprint density at radius 2 is 1.57 bits per heavy atom. The number of carbonyl (C=O) groups excluding carboxylic acids is 1. The Morgan fingerprint density at radius 3 is 2.13 bits per heavy atom. The molecule has 0 bridgehead atoms. The van der Waals surface area contributed by atoms with E-state index in [0.717, 1.165) is 16.9 Å². The van der Waals surface area contributed by atoms with E-state index in [1.54, 1.807) is 36.0 Å². The number of hydrogen-bond acceptors (Lipinski definition) is 4. The van der Waals surface area contributed by atoms with Crippen LogP contribution in [0.15, 0.2) is 88.7 Å². The molecule has 3 rings (SSSR count). The largest absolute Gasteiger partial charge is 0.345 e. The lowest BCUT2D eigenvalue weighted by molar-refractivity contribution is 0.0935. The first-order valence-electron chi connectivity index (χ1n) is 9.74. The third-order valence-electron chi connectivity index (χ3n) is 4.79. The number of hydrogen-bond donors (Lipinski definition) is 1. The molecule has 4 nitrogen and oxygen atoms in total. The zero-order valence-corrected chi connectivity index (χ0v) is 18.7. The molecule has 0 aliphatic rings. The van der Waals surface area contributed by atoms with Gasteiger partial charge in [-0.15, -0.1) is 11.8 Å². The standard InChI is InChI=1S/C24H25NO3S2/c1-3-23(19-13-15-22(16-14-19)30(2,27)28)25-24(26)20-11-9-18(10-12-20)17-29-21-7-5-4-6-8-21/h4-16,23H,3,17H2,1-2H3,(H,25,26)/t23-/m1/s1.